The van der Waals surface area contributed by atoms with Crippen molar-refractivity contribution in [1.82, 2.24) is 0 Å². The zero-order chi connectivity index (χ0) is 14.2. The summed E-state index contributed by atoms with van der Waals surface area (Å²) < 4.78 is 38.8. The van der Waals surface area contributed by atoms with Crippen LogP contribution in [0.2, 0.25) is 0 Å². The van der Waals surface area contributed by atoms with Gasteiger partial charge in [-0.05, 0) is 12.1 Å². The Bertz CT molecular complexity index is 659. The molecule has 1 saturated heterocycles. The largest absolute Gasteiger partial charge is 0.447 e. The molecule has 1 heterocycles. The maximum absolute atomic E-state index is 12.8. The zero-order valence-electron chi connectivity index (χ0n) is 9.28. The summed E-state index contributed by atoms with van der Waals surface area (Å²) in [4.78, 5) is 21.4. The number of rotatable bonds is 3. The molecular formula is C9H7FN2O6S. The summed E-state index contributed by atoms with van der Waals surface area (Å²) in [6, 6.07) is 2.41. The van der Waals surface area contributed by atoms with E-state index in [2.05, 4.69) is 4.74 Å². The van der Waals surface area contributed by atoms with Crippen LogP contribution in [0.1, 0.15) is 0 Å². The Morgan fingerprint density at radius 2 is 2.11 bits per heavy atom. The molecule has 0 radical (unpaired) electrons. The number of amides is 1. The van der Waals surface area contributed by atoms with Crippen molar-refractivity contribution in [2.75, 3.05) is 18.1 Å². The van der Waals surface area contributed by atoms with Crippen LogP contribution in [-0.2, 0) is 15.0 Å². The van der Waals surface area contributed by atoms with Gasteiger partial charge in [-0.3, -0.25) is 15.0 Å². The van der Waals surface area contributed by atoms with E-state index >= 15 is 0 Å². The van der Waals surface area contributed by atoms with E-state index in [-0.39, 0.29) is 18.8 Å². The Balaban J connectivity index is 2.56. The highest BCUT2D eigenvalue weighted by Gasteiger charge is 2.31. The number of benzene rings is 1. The number of nitrogens with zero attached hydrogens (tertiary/aromatic N) is 2. The van der Waals surface area contributed by atoms with Crippen LogP contribution in [0.5, 0.6) is 0 Å². The van der Waals surface area contributed by atoms with Crippen LogP contribution in [0.15, 0.2) is 23.1 Å². The number of ether oxygens (including phenoxy) is 1. The van der Waals surface area contributed by atoms with Gasteiger partial charge < -0.3 is 4.74 Å². The standard InChI is InChI=1S/C9H7FN2O6S/c10-19(16,17)6-1-2-7(8(5-6)12(14)15)11-3-4-18-9(11)13/h1-2,5H,3-4H2. The Morgan fingerprint density at radius 3 is 2.58 bits per heavy atom. The number of halogens is 1. The Morgan fingerprint density at radius 1 is 1.42 bits per heavy atom. The fourth-order valence-electron chi connectivity index (χ4n) is 1.64. The molecule has 0 bridgehead atoms. The monoisotopic (exact) mass is 290 g/mol. The third-order valence-electron chi connectivity index (χ3n) is 2.48. The summed E-state index contributed by atoms with van der Waals surface area (Å²) in [7, 11) is -5.05. The molecule has 19 heavy (non-hydrogen) atoms. The van der Waals surface area contributed by atoms with Crippen molar-refractivity contribution < 1.29 is 26.8 Å². The molecule has 0 unspecified atom stereocenters. The van der Waals surface area contributed by atoms with Crippen molar-refractivity contribution in [1.29, 1.82) is 0 Å². The van der Waals surface area contributed by atoms with E-state index in [9.17, 15) is 27.2 Å². The molecule has 10 heteroatoms. The molecule has 1 aliphatic rings. The fourth-order valence-corrected chi connectivity index (χ4v) is 2.12. The number of cyclic esters (lactones) is 1. The summed E-state index contributed by atoms with van der Waals surface area (Å²) in [5.41, 5.74) is -0.822. The molecule has 0 spiro atoms. The minimum atomic E-state index is -5.05. The first kappa shape index (κ1) is 13.2. The number of hydrogen-bond acceptors (Lipinski definition) is 6. The van der Waals surface area contributed by atoms with E-state index in [0.29, 0.717) is 6.07 Å². The second kappa shape index (κ2) is 4.46. The van der Waals surface area contributed by atoms with Crippen LogP contribution in [0.25, 0.3) is 0 Å². The van der Waals surface area contributed by atoms with E-state index in [1.54, 1.807) is 0 Å². The maximum atomic E-state index is 12.8. The highest BCUT2D eigenvalue weighted by atomic mass is 32.3. The molecule has 1 aromatic carbocycles. The summed E-state index contributed by atoms with van der Waals surface area (Å²) in [6.07, 6.45) is -0.779. The summed E-state index contributed by atoms with van der Waals surface area (Å²) in [5, 5.41) is 10.9. The van der Waals surface area contributed by atoms with Crippen molar-refractivity contribution in [2.45, 2.75) is 4.90 Å². The van der Waals surface area contributed by atoms with Crippen LogP contribution in [-0.4, -0.2) is 32.6 Å². The molecule has 1 aliphatic heterocycles. The van der Waals surface area contributed by atoms with E-state index in [1.807, 2.05) is 0 Å². The molecule has 0 N–H and O–H groups in total. The van der Waals surface area contributed by atoms with Gasteiger partial charge in [0.25, 0.3) is 5.69 Å². The van der Waals surface area contributed by atoms with Crippen LogP contribution in [0, 0.1) is 10.1 Å². The highest BCUT2D eigenvalue weighted by molar-refractivity contribution is 7.86. The van der Waals surface area contributed by atoms with Gasteiger partial charge >= 0.3 is 16.3 Å². The van der Waals surface area contributed by atoms with Crippen LogP contribution in [0.3, 0.4) is 0 Å². The van der Waals surface area contributed by atoms with Crippen molar-refractivity contribution in [3.05, 3.63) is 28.3 Å². The van der Waals surface area contributed by atoms with Gasteiger partial charge in [-0.15, -0.1) is 3.89 Å². The molecule has 0 atom stereocenters. The number of hydrogen-bond donors (Lipinski definition) is 0. The van der Waals surface area contributed by atoms with Crippen LogP contribution < -0.4 is 4.90 Å². The van der Waals surface area contributed by atoms with Gasteiger partial charge in [0.1, 0.15) is 17.2 Å². The SMILES string of the molecule is O=C1OCCN1c1ccc(S(=O)(=O)F)cc1[N+](=O)[O-]. The predicted molar refractivity (Wildman–Crippen MR) is 60.1 cm³/mol. The lowest BCUT2D eigenvalue weighted by molar-refractivity contribution is -0.384. The smallest absolute Gasteiger partial charge is 0.414 e. The first-order valence-electron chi connectivity index (χ1n) is 4.98. The topological polar surface area (TPSA) is 107 Å². The molecular weight excluding hydrogens is 283 g/mol. The minimum Gasteiger partial charge on any atom is -0.447 e. The number of carbonyl (C=O) groups excluding carboxylic acids is 1. The molecule has 1 aromatic rings. The minimum absolute atomic E-state index is 0.0686. The molecule has 1 amide bonds. The van der Waals surface area contributed by atoms with E-state index in [4.69, 9.17) is 0 Å². The molecule has 102 valence electrons. The van der Waals surface area contributed by atoms with Crippen LogP contribution in [0.4, 0.5) is 20.1 Å². The lowest BCUT2D eigenvalue weighted by Gasteiger charge is -2.12. The van der Waals surface area contributed by atoms with Gasteiger partial charge in [-0.2, -0.15) is 8.42 Å². The Kier molecular flexibility index (Phi) is 3.10. The number of nitro benzene ring substituents is 1. The van der Waals surface area contributed by atoms with Crippen molar-refractivity contribution >= 4 is 27.7 Å². The summed E-state index contributed by atoms with van der Waals surface area (Å²) >= 11 is 0. The fraction of sp³-hybridized carbons (Fsp3) is 0.222. The van der Waals surface area contributed by atoms with Gasteiger partial charge in [-0.1, -0.05) is 0 Å². The highest BCUT2D eigenvalue weighted by Crippen LogP contribution is 2.32. The summed E-state index contributed by atoms with van der Waals surface area (Å²) in [5.74, 6) is 0. The lowest BCUT2D eigenvalue weighted by Crippen LogP contribution is -2.24. The van der Waals surface area contributed by atoms with Crippen LogP contribution >= 0.6 is 0 Å². The molecule has 0 aliphatic carbocycles. The first-order chi connectivity index (χ1) is 8.80. The lowest BCUT2D eigenvalue weighted by atomic mass is 10.2. The molecule has 2 rings (SSSR count). The molecule has 0 aromatic heterocycles. The van der Waals surface area contributed by atoms with Gasteiger partial charge in [0.2, 0.25) is 0 Å². The van der Waals surface area contributed by atoms with Gasteiger partial charge in [0, 0.05) is 6.07 Å². The normalized spacial score (nSPS) is 15.4. The van der Waals surface area contributed by atoms with Crippen molar-refractivity contribution in [3.63, 3.8) is 0 Å². The second-order valence-electron chi connectivity index (χ2n) is 3.61. The molecule has 8 nitrogen and oxygen atoms in total. The van der Waals surface area contributed by atoms with Gasteiger partial charge in [0.05, 0.1) is 11.5 Å². The Labute approximate surface area is 106 Å². The first-order valence-corrected chi connectivity index (χ1v) is 6.36. The van der Waals surface area contributed by atoms with E-state index in [0.717, 1.165) is 17.0 Å². The quantitative estimate of drug-likeness (QED) is 0.470. The second-order valence-corrected chi connectivity index (χ2v) is 4.96. The van der Waals surface area contributed by atoms with Gasteiger partial charge in [0.15, 0.2) is 0 Å². The van der Waals surface area contributed by atoms with E-state index < -0.39 is 31.8 Å². The van der Waals surface area contributed by atoms with Crippen molar-refractivity contribution in [2.24, 2.45) is 0 Å². The van der Waals surface area contributed by atoms with E-state index in [1.165, 1.54) is 0 Å². The zero-order valence-corrected chi connectivity index (χ0v) is 10.1. The Hall–Kier alpha value is -2.23. The molecule has 0 saturated carbocycles. The molecule has 1 fully saturated rings. The average Bonchev–Trinajstić information content (AvgIpc) is 2.73. The predicted octanol–water partition coefficient (Wildman–Crippen LogP) is 1.21. The van der Waals surface area contributed by atoms with Gasteiger partial charge in [-0.25, -0.2) is 4.79 Å². The number of carbonyl (C=O) groups is 1. The number of anilines is 1. The summed E-state index contributed by atoms with van der Waals surface area (Å²) in [6.45, 7) is 0.167. The third-order valence-corrected chi connectivity index (χ3v) is 3.29. The third kappa shape index (κ3) is 2.47. The van der Waals surface area contributed by atoms with Crippen molar-refractivity contribution in [3.8, 4) is 0 Å². The maximum Gasteiger partial charge on any atom is 0.414 e. The number of nitro groups is 1. The average molecular weight is 290 g/mol.